The molecule has 6 aromatic rings. The van der Waals surface area contributed by atoms with Crippen molar-refractivity contribution in [1.29, 1.82) is 0 Å². The van der Waals surface area contributed by atoms with Gasteiger partial charge in [-0.2, -0.15) is 0 Å². The van der Waals surface area contributed by atoms with Gasteiger partial charge in [-0.05, 0) is 62.6 Å². The predicted molar refractivity (Wildman–Crippen MR) is 182 cm³/mol. The number of ether oxygens (including phenoxy) is 1. The van der Waals surface area contributed by atoms with E-state index >= 15 is 0 Å². The fraction of sp³-hybridized carbons (Fsp3) is 0.297. The zero-order valence-electron chi connectivity index (χ0n) is 25.8. The quantitative estimate of drug-likeness (QED) is 0.190. The number of carbonyl (C=O) groups is 1. The van der Waals surface area contributed by atoms with Crippen molar-refractivity contribution in [3.63, 3.8) is 0 Å². The second-order valence-electron chi connectivity index (χ2n) is 13.6. The first-order valence-electron chi connectivity index (χ1n) is 15.7. The van der Waals surface area contributed by atoms with Crippen LogP contribution in [0.15, 0.2) is 77.2 Å². The fourth-order valence-corrected chi connectivity index (χ4v) is 8.75. The number of carbonyl (C=O) groups excluding carboxylic acids is 1. The summed E-state index contributed by atoms with van der Waals surface area (Å²) in [5.41, 5.74) is 8.61. The molecular weight excluding hydrogens is 580 g/mol. The maximum atomic E-state index is 14.5. The molecule has 1 saturated carbocycles. The molecule has 0 spiro atoms. The number of para-hydroxylation sites is 2. The molecule has 1 aliphatic carbocycles. The van der Waals surface area contributed by atoms with Gasteiger partial charge in [0.15, 0.2) is 0 Å². The lowest BCUT2D eigenvalue weighted by Crippen LogP contribution is -2.28. The number of amides is 1. The predicted octanol–water partition coefficient (Wildman–Crippen LogP) is 7.86. The Balaban J connectivity index is 1.36. The van der Waals surface area contributed by atoms with E-state index in [1.165, 1.54) is 5.52 Å². The molecule has 1 amide bonds. The van der Waals surface area contributed by atoms with E-state index in [0.717, 1.165) is 79.1 Å². The smallest absolute Gasteiger partial charge is 0.255 e. The van der Waals surface area contributed by atoms with Gasteiger partial charge in [0.05, 0.1) is 35.5 Å². The van der Waals surface area contributed by atoms with E-state index in [4.69, 9.17) is 9.13 Å². The van der Waals surface area contributed by atoms with Crippen LogP contribution in [0.3, 0.4) is 0 Å². The second-order valence-corrected chi connectivity index (χ2v) is 15.5. The Morgan fingerprint density at radius 1 is 0.911 bits per heavy atom. The highest BCUT2D eigenvalue weighted by molar-refractivity contribution is 7.91. The third-order valence-corrected chi connectivity index (χ3v) is 11.5. The van der Waals surface area contributed by atoms with Crippen LogP contribution >= 0.6 is 0 Å². The minimum Gasteiger partial charge on any atom is -0.591 e. The van der Waals surface area contributed by atoms with Gasteiger partial charge in [-0.15, -0.1) is 0 Å². The van der Waals surface area contributed by atoms with E-state index in [9.17, 15) is 9.35 Å². The minimum atomic E-state index is -1.35. The molecule has 0 N–H and O–H groups in total. The molecule has 0 saturated heterocycles. The number of hydrogen-bond acceptors (Lipinski definition) is 4. The van der Waals surface area contributed by atoms with Crippen molar-refractivity contribution in [2.75, 3.05) is 7.11 Å². The zero-order valence-corrected chi connectivity index (χ0v) is 26.6. The first-order valence-corrected chi connectivity index (χ1v) is 16.8. The van der Waals surface area contributed by atoms with Crippen LogP contribution in [0.1, 0.15) is 67.2 Å². The molecule has 2 aliphatic heterocycles. The lowest BCUT2D eigenvalue weighted by atomic mass is 9.97. The molecule has 1 fully saturated rings. The average Bonchev–Trinajstić information content (AvgIpc) is 3.74. The maximum Gasteiger partial charge on any atom is 0.255 e. The summed E-state index contributed by atoms with van der Waals surface area (Å²) in [7, 11) is 1.67. The molecule has 7 nitrogen and oxygen atoms in total. The maximum absolute atomic E-state index is 14.5. The Labute approximate surface area is 264 Å². The summed E-state index contributed by atoms with van der Waals surface area (Å²) in [5.74, 6) is 0.886. The highest BCUT2D eigenvalue weighted by Gasteiger charge is 2.44. The van der Waals surface area contributed by atoms with Crippen LogP contribution in [0, 0.1) is 0 Å². The first kappa shape index (κ1) is 27.1. The molecule has 2 aromatic heterocycles. The number of rotatable bonds is 4. The van der Waals surface area contributed by atoms with Gasteiger partial charge in [-0.3, -0.25) is 4.79 Å². The molecule has 2 bridgehead atoms. The number of hydrogen-bond donors (Lipinski definition) is 0. The van der Waals surface area contributed by atoms with E-state index in [1.54, 1.807) is 7.11 Å². The van der Waals surface area contributed by atoms with E-state index in [0.29, 0.717) is 13.1 Å². The van der Waals surface area contributed by atoms with Gasteiger partial charge in [0.2, 0.25) is 0 Å². The van der Waals surface area contributed by atoms with Gasteiger partial charge < -0.3 is 23.3 Å². The highest BCUT2D eigenvalue weighted by Crippen LogP contribution is 2.53. The van der Waals surface area contributed by atoms with Gasteiger partial charge in [-0.1, -0.05) is 52.9 Å². The Hall–Kier alpha value is -4.27. The Morgan fingerprint density at radius 2 is 1.56 bits per heavy atom. The van der Waals surface area contributed by atoms with E-state index in [2.05, 4.69) is 57.7 Å². The van der Waals surface area contributed by atoms with Crippen LogP contribution in [0.5, 0.6) is 5.75 Å². The van der Waals surface area contributed by atoms with Gasteiger partial charge in [0, 0.05) is 58.1 Å². The molecule has 8 heteroatoms. The number of fused-ring (bicyclic) bond motifs is 13. The van der Waals surface area contributed by atoms with Crippen molar-refractivity contribution in [3.8, 4) is 5.75 Å². The Bertz CT molecular complexity index is 2260. The van der Waals surface area contributed by atoms with Crippen LogP contribution in [-0.2, 0) is 24.5 Å². The van der Waals surface area contributed by atoms with Crippen LogP contribution in [0.4, 0.5) is 0 Å². The lowest BCUT2D eigenvalue weighted by Gasteiger charge is -2.22. The second kappa shape index (κ2) is 9.37. The molecule has 226 valence electrons. The minimum absolute atomic E-state index is 0.00359. The van der Waals surface area contributed by atoms with E-state index in [-0.39, 0.29) is 18.0 Å². The molecule has 4 aromatic carbocycles. The van der Waals surface area contributed by atoms with Crippen LogP contribution in [0.2, 0.25) is 0 Å². The fourth-order valence-electron chi connectivity index (χ4n) is 8.07. The largest absolute Gasteiger partial charge is 0.591 e. The summed E-state index contributed by atoms with van der Waals surface area (Å²) in [6.07, 6.45) is 1.61. The molecular formula is C37H34N4O3S. The van der Waals surface area contributed by atoms with Crippen molar-refractivity contribution >= 4 is 66.6 Å². The summed E-state index contributed by atoms with van der Waals surface area (Å²) in [5, 5.41) is 4.49. The molecule has 0 radical (unpaired) electrons. The molecule has 45 heavy (non-hydrogen) atoms. The van der Waals surface area contributed by atoms with Crippen molar-refractivity contribution in [1.82, 2.24) is 14.0 Å². The monoisotopic (exact) mass is 614 g/mol. The average molecular weight is 615 g/mol. The van der Waals surface area contributed by atoms with Crippen molar-refractivity contribution in [3.05, 3.63) is 89.5 Å². The van der Waals surface area contributed by atoms with E-state index < -0.39 is 16.1 Å². The summed E-state index contributed by atoms with van der Waals surface area (Å²) < 4.78 is 28.3. The van der Waals surface area contributed by atoms with Gasteiger partial charge >= 0.3 is 0 Å². The first-order chi connectivity index (χ1) is 21.7. The Kier molecular flexibility index (Phi) is 5.64. The van der Waals surface area contributed by atoms with E-state index in [1.807, 2.05) is 49.9 Å². The number of benzene rings is 4. The summed E-state index contributed by atoms with van der Waals surface area (Å²) in [6, 6.07) is 25.3. The van der Waals surface area contributed by atoms with Crippen LogP contribution < -0.4 is 4.74 Å². The molecule has 4 heterocycles. The van der Waals surface area contributed by atoms with Crippen molar-refractivity contribution in [2.45, 2.75) is 63.5 Å². The number of nitrogens with zero attached hydrogens (tertiary/aromatic N) is 4. The van der Waals surface area contributed by atoms with Crippen molar-refractivity contribution < 1.29 is 14.1 Å². The van der Waals surface area contributed by atoms with Crippen molar-refractivity contribution in [2.24, 2.45) is 4.40 Å². The third kappa shape index (κ3) is 3.69. The summed E-state index contributed by atoms with van der Waals surface area (Å²) in [6.45, 7) is 7.03. The normalized spacial score (nSPS) is 20.8. The SMILES string of the molecule is COc1ccc(CN2Cc3c(c4c5ccccc5n5c4c4c3c3ccccc3n4[C@@H]3C[C@H]5C/C3=N\[S+]([O-])C(C)(C)C)C2=O)cc1. The van der Waals surface area contributed by atoms with Crippen LogP contribution in [-0.4, -0.2) is 42.1 Å². The summed E-state index contributed by atoms with van der Waals surface area (Å²) in [4.78, 5) is 16.5. The molecule has 9 rings (SSSR count). The zero-order chi connectivity index (χ0) is 30.8. The highest BCUT2D eigenvalue weighted by atomic mass is 32.2. The van der Waals surface area contributed by atoms with Crippen LogP contribution in [0.25, 0.3) is 43.6 Å². The Morgan fingerprint density at radius 3 is 2.24 bits per heavy atom. The number of methoxy groups -OCH3 is 1. The van der Waals surface area contributed by atoms with Gasteiger partial charge in [-0.25, -0.2) is 0 Å². The topological polar surface area (TPSA) is 74.8 Å². The van der Waals surface area contributed by atoms with Gasteiger partial charge in [0.25, 0.3) is 5.91 Å². The third-order valence-electron chi connectivity index (χ3n) is 10.0. The molecule has 3 aliphatic rings. The molecule has 3 atom stereocenters. The standard InChI is InChI=1S/C37H34N4O3S/c1-37(2,3)45(43)38-27-17-22-18-30(27)41-29-12-8-5-9-24(29)31-26-20-39(19-21-13-15-23(44-4)16-14-21)36(42)33(26)32-25-10-6-7-11-28(25)40(22)35(32)34(31)41/h5-16,22,30H,17-20H2,1-4H3/b38-27+/t22-,30-,45?/m1/s1. The molecule has 1 unspecified atom stereocenters. The number of aromatic nitrogens is 2. The lowest BCUT2D eigenvalue weighted by molar-refractivity contribution is 0.0768. The summed E-state index contributed by atoms with van der Waals surface area (Å²) >= 11 is -1.35. The van der Waals surface area contributed by atoms with Gasteiger partial charge in [0.1, 0.15) is 21.9 Å².